The highest BCUT2D eigenvalue weighted by Gasteiger charge is 2.21. The summed E-state index contributed by atoms with van der Waals surface area (Å²) in [6.07, 6.45) is 2.69. The van der Waals surface area contributed by atoms with Crippen LogP contribution in [-0.2, 0) is 25.1 Å². The number of benzene rings is 2. The monoisotopic (exact) mass is 416 g/mol. The average molecular weight is 417 g/mol. The minimum Gasteiger partial charge on any atom is -0.283 e. The first kappa shape index (κ1) is 18.6. The van der Waals surface area contributed by atoms with Crippen LogP contribution in [0.1, 0.15) is 28.8 Å². The van der Waals surface area contributed by atoms with Gasteiger partial charge >= 0.3 is 0 Å². The molecule has 0 bridgehead atoms. The molecule has 4 rings (SSSR count). The van der Waals surface area contributed by atoms with Gasteiger partial charge in [0.05, 0.1) is 12.2 Å². The molecule has 0 atom stereocenters. The van der Waals surface area contributed by atoms with Crippen molar-refractivity contribution in [3.05, 3.63) is 91.3 Å². The second-order valence-electron chi connectivity index (χ2n) is 6.57. The number of rotatable bonds is 5. The van der Waals surface area contributed by atoms with Gasteiger partial charge in [-0.3, -0.25) is 9.36 Å². The van der Waals surface area contributed by atoms with Crippen molar-refractivity contribution < 1.29 is 0 Å². The van der Waals surface area contributed by atoms with E-state index < -0.39 is 0 Å². The molecule has 1 aromatic heterocycles. The number of fused-ring (bicyclic) bond motifs is 1. The Labute approximate surface area is 172 Å². The van der Waals surface area contributed by atoms with Gasteiger partial charge in [0.1, 0.15) is 0 Å². The molecule has 27 heavy (non-hydrogen) atoms. The molecule has 0 saturated heterocycles. The van der Waals surface area contributed by atoms with Crippen molar-refractivity contribution >= 4 is 35.0 Å². The molecule has 0 spiro atoms. The largest absolute Gasteiger partial charge is 0.283 e. The van der Waals surface area contributed by atoms with Gasteiger partial charge in [-0.05, 0) is 48.6 Å². The summed E-state index contributed by atoms with van der Waals surface area (Å²) in [4.78, 5) is 17.9. The van der Waals surface area contributed by atoms with Gasteiger partial charge < -0.3 is 0 Å². The van der Waals surface area contributed by atoms with Gasteiger partial charge in [0, 0.05) is 21.4 Å². The molecule has 1 heterocycles. The molecule has 2 aromatic carbocycles. The fraction of sp³-hybridized carbons (Fsp3) is 0.238. The normalized spacial score (nSPS) is 13.0. The first-order valence-corrected chi connectivity index (χ1v) is 10.6. The van der Waals surface area contributed by atoms with Crippen LogP contribution in [0.3, 0.4) is 0 Å². The van der Waals surface area contributed by atoms with Crippen molar-refractivity contribution in [3.8, 4) is 0 Å². The van der Waals surface area contributed by atoms with E-state index in [1.165, 1.54) is 0 Å². The molecule has 0 unspecified atom stereocenters. The van der Waals surface area contributed by atoms with Crippen LogP contribution < -0.4 is 5.56 Å². The Morgan fingerprint density at radius 1 is 1.04 bits per heavy atom. The van der Waals surface area contributed by atoms with Gasteiger partial charge in [0.25, 0.3) is 5.56 Å². The molecule has 0 amide bonds. The summed E-state index contributed by atoms with van der Waals surface area (Å²) >= 11 is 13.8. The van der Waals surface area contributed by atoms with Crippen molar-refractivity contribution in [1.29, 1.82) is 0 Å². The minimum atomic E-state index is 0.0779. The van der Waals surface area contributed by atoms with Crippen molar-refractivity contribution in [1.82, 2.24) is 9.55 Å². The molecule has 138 valence electrons. The van der Waals surface area contributed by atoms with Crippen molar-refractivity contribution in [2.24, 2.45) is 0 Å². The van der Waals surface area contributed by atoms with E-state index in [4.69, 9.17) is 28.2 Å². The molecule has 1 aliphatic rings. The van der Waals surface area contributed by atoms with E-state index in [-0.39, 0.29) is 5.56 Å². The fourth-order valence-electron chi connectivity index (χ4n) is 3.29. The lowest BCUT2D eigenvalue weighted by Gasteiger charge is -2.14. The van der Waals surface area contributed by atoms with Crippen LogP contribution in [0.4, 0.5) is 0 Å². The Balaban J connectivity index is 1.69. The third-order valence-corrected chi connectivity index (χ3v) is 6.37. The van der Waals surface area contributed by atoms with Gasteiger partial charge in [-0.1, -0.05) is 65.3 Å². The molecule has 3 aromatic rings. The third kappa shape index (κ3) is 4.08. The van der Waals surface area contributed by atoms with Crippen molar-refractivity contribution in [2.45, 2.75) is 36.7 Å². The predicted molar refractivity (Wildman–Crippen MR) is 112 cm³/mol. The highest BCUT2D eigenvalue weighted by molar-refractivity contribution is 7.98. The Hall–Kier alpha value is -1.75. The molecule has 1 aliphatic carbocycles. The molecular weight excluding hydrogens is 399 g/mol. The molecule has 0 saturated carbocycles. The maximum absolute atomic E-state index is 13.1. The van der Waals surface area contributed by atoms with E-state index in [0.29, 0.717) is 17.3 Å². The molecule has 0 radical (unpaired) electrons. The molecule has 6 heteroatoms. The first-order chi connectivity index (χ1) is 13.1. The Kier molecular flexibility index (Phi) is 5.58. The second-order valence-corrected chi connectivity index (χ2v) is 8.36. The average Bonchev–Trinajstić information content (AvgIpc) is 3.14. The zero-order valence-corrected chi connectivity index (χ0v) is 16.9. The quantitative estimate of drug-likeness (QED) is 0.413. The van der Waals surface area contributed by atoms with E-state index in [1.807, 2.05) is 48.5 Å². The molecular formula is C21H18Cl2N2OS. The van der Waals surface area contributed by atoms with Crippen molar-refractivity contribution in [3.63, 3.8) is 0 Å². The van der Waals surface area contributed by atoms with Gasteiger partial charge in [0.2, 0.25) is 0 Å². The van der Waals surface area contributed by atoms with Crippen LogP contribution in [-0.4, -0.2) is 9.55 Å². The van der Waals surface area contributed by atoms with Crippen LogP contribution in [0.2, 0.25) is 10.0 Å². The van der Waals surface area contributed by atoms with Crippen LogP contribution in [0.5, 0.6) is 0 Å². The van der Waals surface area contributed by atoms with E-state index in [9.17, 15) is 4.79 Å². The van der Waals surface area contributed by atoms with E-state index >= 15 is 0 Å². The summed E-state index contributed by atoms with van der Waals surface area (Å²) < 4.78 is 1.79. The Morgan fingerprint density at radius 3 is 2.59 bits per heavy atom. The smallest absolute Gasteiger partial charge is 0.257 e. The van der Waals surface area contributed by atoms with Crippen LogP contribution in [0.15, 0.2) is 58.5 Å². The molecule has 0 N–H and O–H groups in total. The van der Waals surface area contributed by atoms with Crippen LogP contribution >= 0.6 is 35.0 Å². The van der Waals surface area contributed by atoms with E-state index in [1.54, 1.807) is 16.3 Å². The molecule has 0 fully saturated rings. The van der Waals surface area contributed by atoms with E-state index in [0.717, 1.165) is 51.8 Å². The lowest BCUT2D eigenvalue weighted by molar-refractivity contribution is 0.631. The third-order valence-electron chi connectivity index (χ3n) is 4.72. The standard InChI is InChI=1S/C21H18Cl2N2OS/c22-16-10-8-14(9-11-16)12-25-20(26)17-5-3-7-19(17)24-21(25)27-13-15-4-1-2-6-18(15)23/h1-2,4,6,8-11H,3,5,7,12-13H2. The van der Waals surface area contributed by atoms with Crippen LogP contribution in [0, 0.1) is 0 Å². The second kappa shape index (κ2) is 8.09. The summed E-state index contributed by atoms with van der Waals surface area (Å²) in [5.74, 6) is 0.672. The zero-order chi connectivity index (χ0) is 18.8. The lowest BCUT2D eigenvalue weighted by atomic mass is 10.2. The molecule has 3 nitrogen and oxygen atoms in total. The Morgan fingerprint density at radius 2 is 1.81 bits per heavy atom. The number of aryl methyl sites for hydroxylation is 1. The predicted octanol–water partition coefficient (Wildman–Crippen LogP) is 5.38. The summed E-state index contributed by atoms with van der Waals surface area (Å²) in [5.41, 5.74) is 3.96. The highest BCUT2D eigenvalue weighted by atomic mass is 35.5. The van der Waals surface area contributed by atoms with Gasteiger partial charge in [-0.15, -0.1) is 0 Å². The van der Waals surface area contributed by atoms with E-state index in [2.05, 4.69) is 0 Å². The summed E-state index contributed by atoms with van der Waals surface area (Å²) in [6.45, 7) is 0.487. The first-order valence-electron chi connectivity index (χ1n) is 8.85. The number of hydrogen-bond donors (Lipinski definition) is 0. The van der Waals surface area contributed by atoms with Crippen molar-refractivity contribution in [2.75, 3.05) is 0 Å². The number of halogens is 2. The maximum atomic E-state index is 13.1. The number of hydrogen-bond acceptors (Lipinski definition) is 3. The topological polar surface area (TPSA) is 34.9 Å². The zero-order valence-electron chi connectivity index (χ0n) is 14.6. The Bertz CT molecular complexity index is 1030. The minimum absolute atomic E-state index is 0.0779. The van der Waals surface area contributed by atoms with Gasteiger partial charge in [0.15, 0.2) is 5.16 Å². The highest BCUT2D eigenvalue weighted by Crippen LogP contribution is 2.27. The summed E-state index contributed by atoms with van der Waals surface area (Å²) in [6, 6.07) is 15.4. The van der Waals surface area contributed by atoms with Crippen LogP contribution in [0.25, 0.3) is 0 Å². The SMILES string of the molecule is O=c1c2c(nc(SCc3ccccc3Cl)n1Cc1ccc(Cl)cc1)CCC2. The summed E-state index contributed by atoms with van der Waals surface area (Å²) in [7, 11) is 0. The fourth-order valence-corrected chi connectivity index (χ4v) is 4.71. The number of aromatic nitrogens is 2. The van der Waals surface area contributed by atoms with Gasteiger partial charge in [-0.25, -0.2) is 4.98 Å². The number of thioether (sulfide) groups is 1. The lowest BCUT2D eigenvalue weighted by Crippen LogP contribution is -2.27. The van der Waals surface area contributed by atoms with Gasteiger partial charge in [-0.2, -0.15) is 0 Å². The summed E-state index contributed by atoms with van der Waals surface area (Å²) in [5, 5.41) is 2.17. The number of nitrogens with zero attached hydrogens (tertiary/aromatic N) is 2. The molecule has 0 aliphatic heterocycles. The maximum Gasteiger partial charge on any atom is 0.257 e.